The summed E-state index contributed by atoms with van der Waals surface area (Å²) in [6, 6.07) is 0. The molecule has 0 spiro atoms. The average molecular weight is 185 g/mol. The molecule has 1 unspecified atom stereocenters. The van der Waals surface area contributed by atoms with Gasteiger partial charge in [-0.15, -0.1) is 0 Å². The highest BCUT2D eigenvalue weighted by atomic mass is 14.5. The lowest BCUT2D eigenvalue weighted by molar-refractivity contribution is 0.320. The van der Waals surface area contributed by atoms with Gasteiger partial charge in [0.2, 0.25) is 0 Å². The van der Waals surface area contributed by atoms with Crippen LogP contribution < -0.4 is 5.73 Å². The summed E-state index contributed by atoms with van der Waals surface area (Å²) in [7, 11) is 0. The number of rotatable bonds is 7. The van der Waals surface area contributed by atoms with E-state index in [0.717, 1.165) is 24.3 Å². The van der Waals surface area contributed by atoms with E-state index in [1.807, 2.05) is 0 Å². The van der Waals surface area contributed by atoms with Crippen LogP contribution in [0.1, 0.15) is 53.4 Å². The Bertz CT molecular complexity index is 106. The lowest BCUT2D eigenvalue weighted by Crippen LogP contribution is -2.20. The fourth-order valence-corrected chi connectivity index (χ4v) is 1.89. The summed E-state index contributed by atoms with van der Waals surface area (Å²) in [5.74, 6) is 2.41. The van der Waals surface area contributed by atoms with Crippen LogP contribution in [0.5, 0.6) is 0 Å². The molecule has 2 N–H and O–H groups in total. The highest BCUT2D eigenvalue weighted by Gasteiger charge is 2.13. The van der Waals surface area contributed by atoms with Crippen LogP contribution in [0.3, 0.4) is 0 Å². The van der Waals surface area contributed by atoms with Crippen LogP contribution in [0.2, 0.25) is 0 Å². The predicted octanol–water partition coefficient (Wildman–Crippen LogP) is 3.43. The molecule has 0 radical (unpaired) electrons. The smallest absolute Gasteiger partial charge is 0.00464 e. The van der Waals surface area contributed by atoms with Crippen molar-refractivity contribution in [3.05, 3.63) is 0 Å². The molecule has 0 aromatic heterocycles. The fraction of sp³-hybridized carbons (Fsp3) is 1.00. The molecule has 0 amide bonds. The van der Waals surface area contributed by atoms with Crippen LogP contribution in [0.25, 0.3) is 0 Å². The van der Waals surface area contributed by atoms with E-state index in [2.05, 4.69) is 27.7 Å². The Kier molecular flexibility index (Phi) is 7.35. The van der Waals surface area contributed by atoms with Crippen molar-refractivity contribution in [2.75, 3.05) is 6.54 Å². The molecule has 0 rings (SSSR count). The van der Waals surface area contributed by atoms with Gasteiger partial charge < -0.3 is 5.73 Å². The molecule has 0 aliphatic heterocycles. The van der Waals surface area contributed by atoms with Crippen LogP contribution >= 0.6 is 0 Å². The monoisotopic (exact) mass is 185 g/mol. The minimum absolute atomic E-state index is 0.743. The molecular weight excluding hydrogens is 158 g/mol. The van der Waals surface area contributed by atoms with Gasteiger partial charge in [0.15, 0.2) is 0 Å². The van der Waals surface area contributed by atoms with Crippen LogP contribution in [-0.2, 0) is 0 Å². The second kappa shape index (κ2) is 7.37. The molecule has 0 saturated heterocycles. The maximum atomic E-state index is 5.72. The molecule has 2 atom stereocenters. The topological polar surface area (TPSA) is 26.0 Å². The zero-order valence-electron chi connectivity index (χ0n) is 9.84. The van der Waals surface area contributed by atoms with Gasteiger partial charge in [-0.3, -0.25) is 0 Å². The van der Waals surface area contributed by atoms with E-state index in [-0.39, 0.29) is 0 Å². The van der Waals surface area contributed by atoms with Crippen LogP contribution in [0.15, 0.2) is 0 Å². The molecular formula is C12H27N. The second-order valence-electron chi connectivity index (χ2n) is 4.71. The summed E-state index contributed by atoms with van der Waals surface area (Å²) in [6.45, 7) is 10.0. The van der Waals surface area contributed by atoms with Crippen LogP contribution in [0.4, 0.5) is 0 Å². The predicted molar refractivity (Wildman–Crippen MR) is 60.7 cm³/mol. The third-order valence-electron chi connectivity index (χ3n) is 3.07. The standard InChI is InChI=1S/C12H27N/c1-5-12(9-13)11(4)8-6-7-10(2)3/h10-12H,5-9,13H2,1-4H3/t11?,12-/m1/s1. The highest BCUT2D eigenvalue weighted by Crippen LogP contribution is 2.21. The molecule has 1 heteroatoms. The lowest BCUT2D eigenvalue weighted by atomic mass is 9.87. The fourth-order valence-electron chi connectivity index (χ4n) is 1.89. The quantitative estimate of drug-likeness (QED) is 0.646. The van der Waals surface area contributed by atoms with E-state index in [9.17, 15) is 0 Å². The zero-order valence-corrected chi connectivity index (χ0v) is 9.84. The van der Waals surface area contributed by atoms with Gasteiger partial charge in [0.1, 0.15) is 0 Å². The Balaban J connectivity index is 3.53. The van der Waals surface area contributed by atoms with E-state index in [1.165, 1.54) is 25.7 Å². The molecule has 0 saturated carbocycles. The van der Waals surface area contributed by atoms with E-state index in [4.69, 9.17) is 5.73 Å². The van der Waals surface area contributed by atoms with Gasteiger partial charge in [-0.1, -0.05) is 53.4 Å². The Hall–Kier alpha value is -0.0400. The van der Waals surface area contributed by atoms with Gasteiger partial charge in [0, 0.05) is 0 Å². The summed E-state index contributed by atoms with van der Waals surface area (Å²) < 4.78 is 0. The van der Waals surface area contributed by atoms with Crippen molar-refractivity contribution in [2.45, 2.75) is 53.4 Å². The SMILES string of the molecule is CC[C@H](CN)C(C)CCCC(C)C. The van der Waals surface area contributed by atoms with Crippen molar-refractivity contribution in [1.29, 1.82) is 0 Å². The molecule has 0 fully saturated rings. The average Bonchev–Trinajstić information content (AvgIpc) is 2.05. The molecule has 0 aliphatic rings. The molecule has 0 aromatic carbocycles. The maximum absolute atomic E-state index is 5.72. The van der Waals surface area contributed by atoms with Crippen LogP contribution in [0, 0.1) is 17.8 Å². The number of nitrogens with two attached hydrogens (primary N) is 1. The van der Waals surface area contributed by atoms with Gasteiger partial charge in [0.25, 0.3) is 0 Å². The van der Waals surface area contributed by atoms with Crippen molar-refractivity contribution < 1.29 is 0 Å². The highest BCUT2D eigenvalue weighted by molar-refractivity contribution is 4.66. The van der Waals surface area contributed by atoms with E-state index in [0.29, 0.717) is 0 Å². The minimum Gasteiger partial charge on any atom is -0.330 e. The Morgan fingerprint density at radius 1 is 1.08 bits per heavy atom. The van der Waals surface area contributed by atoms with Gasteiger partial charge in [-0.25, -0.2) is 0 Å². The first-order chi connectivity index (χ1) is 6.11. The second-order valence-corrected chi connectivity index (χ2v) is 4.71. The largest absolute Gasteiger partial charge is 0.330 e. The molecule has 80 valence electrons. The van der Waals surface area contributed by atoms with Crippen LogP contribution in [-0.4, -0.2) is 6.54 Å². The molecule has 0 aromatic rings. The summed E-state index contributed by atoms with van der Waals surface area (Å²) in [5.41, 5.74) is 5.72. The molecule has 0 aliphatic carbocycles. The van der Waals surface area contributed by atoms with Crippen molar-refractivity contribution in [1.82, 2.24) is 0 Å². The van der Waals surface area contributed by atoms with Gasteiger partial charge in [0.05, 0.1) is 0 Å². The third-order valence-corrected chi connectivity index (χ3v) is 3.07. The number of hydrogen-bond acceptors (Lipinski definition) is 1. The first-order valence-electron chi connectivity index (χ1n) is 5.81. The van der Waals surface area contributed by atoms with Crippen molar-refractivity contribution in [3.8, 4) is 0 Å². The van der Waals surface area contributed by atoms with E-state index < -0.39 is 0 Å². The zero-order chi connectivity index (χ0) is 10.3. The van der Waals surface area contributed by atoms with Crippen molar-refractivity contribution in [2.24, 2.45) is 23.5 Å². The van der Waals surface area contributed by atoms with Crippen molar-refractivity contribution >= 4 is 0 Å². The summed E-state index contributed by atoms with van der Waals surface area (Å²) >= 11 is 0. The number of hydrogen-bond donors (Lipinski definition) is 1. The van der Waals surface area contributed by atoms with Gasteiger partial charge in [-0.05, 0) is 24.3 Å². The molecule has 13 heavy (non-hydrogen) atoms. The maximum Gasteiger partial charge on any atom is -0.00464 e. The van der Waals surface area contributed by atoms with Gasteiger partial charge in [-0.2, -0.15) is 0 Å². The Morgan fingerprint density at radius 3 is 2.08 bits per heavy atom. The molecule has 0 bridgehead atoms. The Morgan fingerprint density at radius 2 is 1.69 bits per heavy atom. The third kappa shape index (κ3) is 6.09. The Labute approximate surface area is 84.1 Å². The first-order valence-corrected chi connectivity index (χ1v) is 5.81. The van der Waals surface area contributed by atoms with E-state index >= 15 is 0 Å². The van der Waals surface area contributed by atoms with Crippen molar-refractivity contribution in [3.63, 3.8) is 0 Å². The summed E-state index contributed by atoms with van der Waals surface area (Å²) in [5, 5.41) is 0. The van der Waals surface area contributed by atoms with Gasteiger partial charge >= 0.3 is 0 Å². The molecule has 0 heterocycles. The first kappa shape index (κ1) is 13.0. The summed E-state index contributed by atoms with van der Waals surface area (Å²) in [4.78, 5) is 0. The minimum atomic E-state index is 0.743. The normalized spacial score (nSPS) is 16.2. The van der Waals surface area contributed by atoms with E-state index in [1.54, 1.807) is 0 Å². The summed E-state index contributed by atoms with van der Waals surface area (Å²) in [6.07, 6.45) is 5.33. The lowest BCUT2D eigenvalue weighted by Gasteiger charge is -2.21. The molecule has 1 nitrogen and oxygen atoms in total.